The quantitative estimate of drug-likeness (QED) is 0.115. The predicted octanol–water partition coefficient (Wildman–Crippen LogP) is 4.73. The lowest BCUT2D eigenvalue weighted by Gasteiger charge is -2.47. The molecule has 0 amide bonds. The molecule has 0 aliphatic carbocycles. The minimum atomic E-state index is -1.91. The molecule has 0 aromatic heterocycles. The maximum Gasteiger partial charge on any atom is 0.260 e. The third kappa shape index (κ3) is 12.4. The van der Waals surface area contributed by atoms with Crippen LogP contribution in [-0.4, -0.2) is 76.7 Å². The van der Waals surface area contributed by atoms with Crippen molar-refractivity contribution < 1.29 is 47.4 Å². The molecule has 0 aliphatic heterocycles. The summed E-state index contributed by atoms with van der Waals surface area (Å²) in [4.78, 5) is 12.8. The molecule has 0 heterocycles. The molecule has 0 spiro atoms. The van der Waals surface area contributed by atoms with Crippen molar-refractivity contribution in [1.82, 2.24) is 0 Å². The highest BCUT2D eigenvalue weighted by molar-refractivity contribution is 5.63. The number of unbranched alkanes of at least 4 members (excludes halogenated alkanes) is 3. The zero-order valence-electron chi connectivity index (χ0n) is 23.7. The first-order valence-electron chi connectivity index (χ1n) is 12.5. The highest BCUT2D eigenvalue weighted by atomic mass is 16.9. The molecule has 0 rings (SSSR count). The van der Waals surface area contributed by atoms with Gasteiger partial charge in [0.15, 0.2) is 44.0 Å². The molecule has 0 aliphatic rings. The van der Waals surface area contributed by atoms with E-state index in [1.807, 2.05) is 0 Å². The summed E-state index contributed by atoms with van der Waals surface area (Å²) in [6.45, 7) is 14.1. The van der Waals surface area contributed by atoms with Gasteiger partial charge in [0, 0.05) is 21.3 Å². The molecule has 10 heteroatoms. The van der Waals surface area contributed by atoms with E-state index in [0.29, 0.717) is 12.7 Å². The Morgan fingerprint density at radius 1 is 0.629 bits per heavy atom. The van der Waals surface area contributed by atoms with Crippen LogP contribution in [0.25, 0.3) is 0 Å². The largest absolute Gasteiger partial charge is 0.356 e. The van der Waals surface area contributed by atoms with E-state index in [9.17, 15) is 4.79 Å². The molecule has 0 saturated carbocycles. The van der Waals surface area contributed by atoms with Gasteiger partial charge in [0.05, 0.1) is 0 Å². The Kier molecular flexibility index (Phi) is 17.4. The fourth-order valence-corrected chi connectivity index (χ4v) is 3.58. The number of hydrogen-bond donors (Lipinski definition) is 0. The fourth-order valence-electron chi connectivity index (χ4n) is 3.58. The summed E-state index contributed by atoms with van der Waals surface area (Å²) in [7, 11) is 4.56. The minimum Gasteiger partial charge on any atom is -0.356 e. The van der Waals surface area contributed by atoms with Gasteiger partial charge in [0.1, 0.15) is 5.60 Å². The maximum atomic E-state index is 12.8. The van der Waals surface area contributed by atoms with Crippen LogP contribution in [0.5, 0.6) is 0 Å². The van der Waals surface area contributed by atoms with E-state index in [1.54, 1.807) is 48.5 Å². The molecule has 35 heavy (non-hydrogen) atoms. The summed E-state index contributed by atoms with van der Waals surface area (Å²) in [5, 5.41) is 0. The van der Waals surface area contributed by atoms with Gasteiger partial charge in [-0.15, -0.1) is 0 Å². The second-order valence-corrected chi connectivity index (χ2v) is 8.70. The van der Waals surface area contributed by atoms with Crippen LogP contribution < -0.4 is 0 Å². The molecule has 7 unspecified atom stereocenters. The number of ether oxygens (including phenoxy) is 9. The Labute approximate surface area is 212 Å². The first kappa shape index (κ1) is 34.3. The van der Waals surface area contributed by atoms with Crippen LogP contribution in [0, 0.1) is 0 Å². The standard InChI is InChI=1S/C25H50O10/c1-12-13-14-15-16-24(8,33-21(5)30-18(2)27-9)25(17-26,34-22(6)31-19(3)28-10)35-23(7)32-20(4)29-11/h17-23H,12-16H2,1-11H3. The number of aldehydes is 1. The number of methoxy groups -OCH3 is 3. The van der Waals surface area contributed by atoms with Crippen LogP contribution in [-0.2, 0) is 47.4 Å². The van der Waals surface area contributed by atoms with E-state index in [1.165, 1.54) is 21.3 Å². The molecule has 210 valence electrons. The van der Waals surface area contributed by atoms with Crippen molar-refractivity contribution in [3.05, 3.63) is 0 Å². The van der Waals surface area contributed by atoms with Crippen molar-refractivity contribution in [2.75, 3.05) is 21.3 Å². The normalized spacial score (nSPS) is 20.8. The van der Waals surface area contributed by atoms with Gasteiger partial charge in [-0.05, 0) is 54.9 Å². The first-order chi connectivity index (χ1) is 16.4. The van der Waals surface area contributed by atoms with E-state index in [2.05, 4.69) is 6.92 Å². The highest BCUT2D eigenvalue weighted by Gasteiger charge is 2.55. The summed E-state index contributed by atoms with van der Waals surface area (Å²) >= 11 is 0. The summed E-state index contributed by atoms with van der Waals surface area (Å²) in [5.74, 6) is -1.91. The highest BCUT2D eigenvalue weighted by Crippen LogP contribution is 2.38. The smallest absolute Gasteiger partial charge is 0.260 e. The Bertz CT molecular complexity index is 528. The first-order valence-corrected chi connectivity index (χ1v) is 12.5. The molecule has 0 N–H and O–H groups in total. The second kappa shape index (κ2) is 17.7. The predicted molar refractivity (Wildman–Crippen MR) is 130 cm³/mol. The van der Waals surface area contributed by atoms with Crippen LogP contribution in [0.15, 0.2) is 0 Å². The average Bonchev–Trinajstić information content (AvgIpc) is 2.80. The third-order valence-corrected chi connectivity index (χ3v) is 5.65. The van der Waals surface area contributed by atoms with Crippen LogP contribution in [0.2, 0.25) is 0 Å². The average molecular weight is 511 g/mol. The van der Waals surface area contributed by atoms with Crippen molar-refractivity contribution in [2.45, 2.75) is 137 Å². The van der Waals surface area contributed by atoms with Gasteiger partial charge in [-0.1, -0.05) is 32.6 Å². The second-order valence-electron chi connectivity index (χ2n) is 8.70. The van der Waals surface area contributed by atoms with Gasteiger partial charge in [-0.3, -0.25) is 4.79 Å². The molecule has 0 radical (unpaired) electrons. The molecular weight excluding hydrogens is 460 g/mol. The Morgan fingerprint density at radius 3 is 1.37 bits per heavy atom. The van der Waals surface area contributed by atoms with Crippen molar-refractivity contribution in [1.29, 1.82) is 0 Å². The molecule has 0 fully saturated rings. The van der Waals surface area contributed by atoms with E-state index < -0.39 is 49.1 Å². The van der Waals surface area contributed by atoms with Crippen LogP contribution >= 0.6 is 0 Å². The van der Waals surface area contributed by atoms with Crippen LogP contribution in [0.3, 0.4) is 0 Å². The number of hydrogen-bond acceptors (Lipinski definition) is 10. The van der Waals surface area contributed by atoms with Crippen molar-refractivity contribution in [2.24, 2.45) is 0 Å². The van der Waals surface area contributed by atoms with E-state index in [4.69, 9.17) is 42.6 Å². The molecular formula is C25H50O10. The summed E-state index contributed by atoms with van der Waals surface area (Å²) in [5.41, 5.74) is -1.28. The zero-order valence-corrected chi connectivity index (χ0v) is 23.7. The Morgan fingerprint density at radius 2 is 1.03 bits per heavy atom. The van der Waals surface area contributed by atoms with Gasteiger partial charge >= 0.3 is 0 Å². The van der Waals surface area contributed by atoms with E-state index >= 15 is 0 Å². The summed E-state index contributed by atoms with van der Waals surface area (Å²) < 4.78 is 51.4. The van der Waals surface area contributed by atoms with Gasteiger partial charge < -0.3 is 42.6 Å². The van der Waals surface area contributed by atoms with Crippen molar-refractivity contribution >= 4 is 6.29 Å². The number of carbonyl (C=O) groups excluding carboxylic acids is 1. The Hall–Kier alpha value is -0.690. The van der Waals surface area contributed by atoms with E-state index in [-0.39, 0.29) is 0 Å². The topological polar surface area (TPSA) is 100 Å². The zero-order chi connectivity index (χ0) is 27.1. The Balaban J connectivity index is 6.22. The van der Waals surface area contributed by atoms with Crippen LogP contribution in [0.4, 0.5) is 0 Å². The molecule has 0 bridgehead atoms. The van der Waals surface area contributed by atoms with Gasteiger partial charge in [-0.2, -0.15) is 0 Å². The minimum absolute atomic E-state index is 0.444. The lowest BCUT2D eigenvalue weighted by atomic mass is 9.88. The molecule has 0 aromatic carbocycles. The summed E-state index contributed by atoms with van der Waals surface area (Å²) in [6, 6.07) is 0. The monoisotopic (exact) mass is 510 g/mol. The maximum absolute atomic E-state index is 12.8. The molecule has 0 aromatic rings. The molecule has 0 saturated heterocycles. The number of rotatable bonds is 22. The van der Waals surface area contributed by atoms with Crippen LogP contribution in [0.1, 0.15) is 87.5 Å². The van der Waals surface area contributed by atoms with Crippen molar-refractivity contribution in [3.8, 4) is 0 Å². The van der Waals surface area contributed by atoms with Crippen molar-refractivity contribution in [3.63, 3.8) is 0 Å². The molecule has 10 nitrogen and oxygen atoms in total. The SMILES string of the molecule is CCCCCCC(C)(OC(C)OC(C)OC)C(C=O)(OC(C)OC(C)OC)OC(C)OC(C)OC. The lowest BCUT2D eigenvalue weighted by Crippen LogP contribution is -2.62. The third-order valence-electron chi connectivity index (χ3n) is 5.65. The lowest BCUT2D eigenvalue weighted by molar-refractivity contribution is -0.408. The van der Waals surface area contributed by atoms with Gasteiger partial charge in [0.2, 0.25) is 0 Å². The van der Waals surface area contributed by atoms with Gasteiger partial charge in [-0.25, -0.2) is 0 Å². The summed E-state index contributed by atoms with van der Waals surface area (Å²) in [6.07, 6.45) is 0.712. The molecule has 7 atom stereocenters. The van der Waals surface area contributed by atoms with E-state index in [0.717, 1.165) is 25.7 Å². The number of carbonyl (C=O) groups is 1. The fraction of sp³-hybridized carbons (Fsp3) is 0.960. The van der Waals surface area contributed by atoms with Gasteiger partial charge in [0.25, 0.3) is 5.79 Å².